The van der Waals surface area contributed by atoms with Crippen LogP contribution in [0.3, 0.4) is 0 Å². The van der Waals surface area contributed by atoms with Gasteiger partial charge in [0.15, 0.2) is 0 Å². The zero-order valence-corrected chi connectivity index (χ0v) is 15.5. The molecule has 2 aromatic carbocycles. The SMILES string of the molecule is Cn1ccc2c(CNc3ccccc3NCCC(=O)O)cc(Br)cc21. The molecular weight excluding hydrogens is 382 g/mol. The first-order valence-corrected chi connectivity index (χ1v) is 8.86. The predicted molar refractivity (Wildman–Crippen MR) is 105 cm³/mol. The fourth-order valence-electron chi connectivity index (χ4n) is 2.84. The number of fused-ring (bicyclic) bond motifs is 1. The van der Waals surface area contributed by atoms with Crippen LogP contribution in [0.1, 0.15) is 12.0 Å². The van der Waals surface area contributed by atoms with Crippen LogP contribution < -0.4 is 10.6 Å². The van der Waals surface area contributed by atoms with Crippen LogP contribution in [0.25, 0.3) is 10.9 Å². The van der Waals surface area contributed by atoms with Gasteiger partial charge >= 0.3 is 5.97 Å². The Bertz CT molecular complexity index is 905. The summed E-state index contributed by atoms with van der Waals surface area (Å²) in [7, 11) is 2.04. The number of carbonyl (C=O) groups is 1. The first-order chi connectivity index (χ1) is 12.0. The molecule has 0 unspecified atom stereocenters. The Labute approximate surface area is 154 Å². The predicted octanol–water partition coefficient (Wildman–Crippen LogP) is 4.44. The Morgan fingerprint density at radius 3 is 2.60 bits per heavy atom. The van der Waals surface area contributed by atoms with Gasteiger partial charge in [-0.3, -0.25) is 4.79 Å². The zero-order chi connectivity index (χ0) is 17.8. The van der Waals surface area contributed by atoms with Crippen LogP contribution in [-0.4, -0.2) is 22.2 Å². The first-order valence-electron chi connectivity index (χ1n) is 8.06. The van der Waals surface area contributed by atoms with Gasteiger partial charge in [-0.05, 0) is 35.9 Å². The molecule has 1 heterocycles. The number of aromatic nitrogens is 1. The minimum absolute atomic E-state index is 0.0879. The number of halogens is 1. The molecule has 0 saturated heterocycles. The van der Waals surface area contributed by atoms with Crippen molar-refractivity contribution < 1.29 is 9.90 Å². The molecule has 3 aromatic rings. The third kappa shape index (κ3) is 4.14. The van der Waals surface area contributed by atoms with Crippen LogP contribution in [0.2, 0.25) is 0 Å². The molecule has 0 fully saturated rings. The molecule has 0 aliphatic carbocycles. The second kappa shape index (κ2) is 7.61. The number of anilines is 2. The van der Waals surface area contributed by atoms with E-state index < -0.39 is 5.97 Å². The van der Waals surface area contributed by atoms with Gasteiger partial charge in [0.1, 0.15) is 0 Å². The molecule has 0 spiro atoms. The molecule has 0 radical (unpaired) electrons. The van der Waals surface area contributed by atoms with E-state index in [0.29, 0.717) is 13.1 Å². The van der Waals surface area contributed by atoms with E-state index >= 15 is 0 Å². The molecule has 0 aliphatic rings. The maximum absolute atomic E-state index is 10.7. The Morgan fingerprint density at radius 1 is 1.16 bits per heavy atom. The monoisotopic (exact) mass is 401 g/mol. The summed E-state index contributed by atoms with van der Waals surface area (Å²) >= 11 is 3.58. The summed E-state index contributed by atoms with van der Waals surface area (Å²) in [6.45, 7) is 1.07. The van der Waals surface area contributed by atoms with Gasteiger partial charge in [0.2, 0.25) is 0 Å². The molecule has 0 amide bonds. The number of carboxylic acid groups (broad SMARTS) is 1. The summed E-state index contributed by atoms with van der Waals surface area (Å²) in [4.78, 5) is 10.7. The van der Waals surface area contributed by atoms with Crippen molar-refractivity contribution in [3.8, 4) is 0 Å². The summed E-state index contributed by atoms with van der Waals surface area (Å²) in [5.74, 6) is -0.807. The minimum atomic E-state index is -0.807. The summed E-state index contributed by atoms with van der Waals surface area (Å²) in [6.07, 6.45) is 2.15. The average molecular weight is 402 g/mol. The summed E-state index contributed by atoms with van der Waals surface area (Å²) in [5.41, 5.74) is 4.24. The minimum Gasteiger partial charge on any atom is -0.481 e. The molecular formula is C19H20BrN3O2. The van der Waals surface area contributed by atoms with Crippen molar-refractivity contribution in [1.29, 1.82) is 0 Å². The first kappa shape index (κ1) is 17.4. The zero-order valence-electron chi connectivity index (χ0n) is 13.9. The second-order valence-corrected chi connectivity index (χ2v) is 6.81. The highest BCUT2D eigenvalue weighted by molar-refractivity contribution is 9.10. The van der Waals surface area contributed by atoms with Crippen LogP contribution >= 0.6 is 15.9 Å². The number of aliphatic carboxylic acids is 1. The Morgan fingerprint density at radius 2 is 1.88 bits per heavy atom. The maximum atomic E-state index is 10.7. The van der Waals surface area contributed by atoms with Crippen LogP contribution in [0.4, 0.5) is 11.4 Å². The number of hydrogen-bond acceptors (Lipinski definition) is 3. The molecule has 130 valence electrons. The fraction of sp³-hybridized carbons (Fsp3) is 0.211. The lowest BCUT2D eigenvalue weighted by molar-refractivity contribution is -0.136. The van der Waals surface area contributed by atoms with Gasteiger partial charge in [0.25, 0.3) is 0 Å². The Balaban J connectivity index is 1.77. The number of hydrogen-bond donors (Lipinski definition) is 3. The van der Waals surface area contributed by atoms with Crippen molar-refractivity contribution in [3.63, 3.8) is 0 Å². The van der Waals surface area contributed by atoms with E-state index in [2.05, 4.69) is 55.5 Å². The van der Waals surface area contributed by atoms with E-state index in [1.54, 1.807) is 0 Å². The third-order valence-corrected chi connectivity index (χ3v) is 4.56. The van der Waals surface area contributed by atoms with Crippen molar-refractivity contribution in [3.05, 3.63) is 58.7 Å². The molecule has 3 rings (SSSR count). The number of rotatable bonds is 7. The van der Waals surface area contributed by atoms with E-state index in [9.17, 15) is 4.79 Å². The van der Waals surface area contributed by atoms with E-state index in [-0.39, 0.29) is 6.42 Å². The third-order valence-electron chi connectivity index (χ3n) is 4.10. The van der Waals surface area contributed by atoms with E-state index in [4.69, 9.17) is 5.11 Å². The highest BCUT2D eigenvalue weighted by Crippen LogP contribution is 2.27. The van der Waals surface area contributed by atoms with Crippen LogP contribution in [-0.2, 0) is 18.4 Å². The van der Waals surface area contributed by atoms with E-state index in [0.717, 1.165) is 15.8 Å². The number of aryl methyl sites for hydroxylation is 1. The highest BCUT2D eigenvalue weighted by Gasteiger charge is 2.08. The Hall–Kier alpha value is -2.47. The molecule has 0 saturated carbocycles. The van der Waals surface area contributed by atoms with Crippen LogP contribution in [0.15, 0.2) is 53.1 Å². The number of nitrogens with one attached hydrogen (secondary N) is 2. The standard InChI is InChI=1S/C19H20BrN3O2/c1-23-9-7-15-13(10-14(20)11-18(15)23)12-22-17-5-3-2-4-16(17)21-8-6-19(24)25/h2-5,7,9-11,21-22H,6,8,12H2,1H3,(H,24,25). The molecule has 0 bridgehead atoms. The number of carboxylic acids is 1. The number of benzene rings is 2. The normalized spacial score (nSPS) is 10.8. The van der Waals surface area contributed by atoms with Crippen LogP contribution in [0.5, 0.6) is 0 Å². The number of nitrogens with zero attached hydrogens (tertiary/aromatic N) is 1. The summed E-state index contributed by atoms with van der Waals surface area (Å²) in [6, 6.07) is 14.2. The summed E-state index contributed by atoms with van der Waals surface area (Å²) in [5, 5.41) is 16.6. The fourth-order valence-corrected chi connectivity index (χ4v) is 3.33. The lowest BCUT2D eigenvalue weighted by Gasteiger charge is -2.14. The van der Waals surface area contributed by atoms with Crippen molar-refractivity contribution in [2.75, 3.05) is 17.2 Å². The largest absolute Gasteiger partial charge is 0.481 e. The molecule has 1 aromatic heterocycles. The van der Waals surface area contributed by atoms with Crippen molar-refractivity contribution in [2.45, 2.75) is 13.0 Å². The topological polar surface area (TPSA) is 66.3 Å². The maximum Gasteiger partial charge on any atom is 0.305 e. The quantitative estimate of drug-likeness (QED) is 0.547. The molecule has 3 N–H and O–H groups in total. The number of para-hydroxylation sites is 2. The molecule has 25 heavy (non-hydrogen) atoms. The van der Waals surface area contributed by atoms with Gasteiger partial charge in [0, 0.05) is 41.7 Å². The van der Waals surface area contributed by atoms with Crippen molar-refractivity contribution in [1.82, 2.24) is 4.57 Å². The molecule has 6 heteroatoms. The van der Waals surface area contributed by atoms with Gasteiger partial charge < -0.3 is 20.3 Å². The van der Waals surface area contributed by atoms with Crippen molar-refractivity contribution in [2.24, 2.45) is 7.05 Å². The van der Waals surface area contributed by atoms with Gasteiger partial charge in [-0.1, -0.05) is 28.1 Å². The van der Waals surface area contributed by atoms with E-state index in [1.165, 1.54) is 16.5 Å². The summed E-state index contributed by atoms with van der Waals surface area (Å²) < 4.78 is 3.15. The van der Waals surface area contributed by atoms with Crippen molar-refractivity contribution >= 4 is 44.2 Å². The molecule has 0 aliphatic heterocycles. The van der Waals surface area contributed by atoms with E-state index in [1.807, 2.05) is 31.3 Å². The highest BCUT2D eigenvalue weighted by atomic mass is 79.9. The van der Waals surface area contributed by atoms with Gasteiger partial charge in [0.05, 0.1) is 17.8 Å². The lowest BCUT2D eigenvalue weighted by Crippen LogP contribution is -2.10. The smallest absolute Gasteiger partial charge is 0.305 e. The van der Waals surface area contributed by atoms with Crippen LogP contribution in [0, 0.1) is 0 Å². The molecule has 5 nitrogen and oxygen atoms in total. The van der Waals surface area contributed by atoms with Gasteiger partial charge in [-0.2, -0.15) is 0 Å². The van der Waals surface area contributed by atoms with Gasteiger partial charge in [-0.25, -0.2) is 0 Å². The lowest BCUT2D eigenvalue weighted by atomic mass is 10.1. The van der Waals surface area contributed by atoms with Gasteiger partial charge in [-0.15, -0.1) is 0 Å². The average Bonchev–Trinajstić information content (AvgIpc) is 2.94. The Kier molecular flexibility index (Phi) is 5.28. The molecule has 0 atom stereocenters. The second-order valence-electron chi connectivity index (χ2n) is 5.89.